The van der Waals surface area contributed by atoms with Gasteiger partial charge in [-0.1, -0.05) is 29.8 Å². The van der Waals surface area contributed by atoms with Crippen molar-refractivity contribution in [2.45, 2.75) is 0 Å². The first kappa shape index (κ1) is 13.5. The van der Waals surface area contributed by atoms with Gasteiger partial charge in [-0.25, -0.2) is 9.36 Å². The van der Waals surface area contributed by atoms with E-state index in [1.54, 1.807) is 42.5 Å². The standard InChI is InChI=1S/C15H11ClN2O3/c1-21-12-8-4-5-9-13(12)17-15(20)18(14(9)19)11-7-3-2-6-10(11)16/h2-8H,1H3,(H,17,20). The van der Waals surface area contributed by atoms with Crippen molar-refractivity contribution in [2.75, 3.05) is 7.11 Å². The summed E-state index contributed by atoms with van der Waals surface area (Å²) in [7, 11) is 1.48. The average molecular weight is 303 g/mol. The molecule has 1 aromatic heterocycles. The minimum atomic E-state index is -0.565. The molecule has 3 aromatic rings. The summed E-state index contributed by atoms with van der Waals surface area (Å²) in [5, 5.41) is 0.682. The van der Waals surface area contributed by atoms with Gasteiger partial charge < -0.3 is 9.72 Å². The molecule has 5 nitrogen and oxygen atoms in total. The van der Waals surface area contributed by atoms with Crippen LogP contribution in [0, 0.1) is 0 Å². The Labute approximate surface area is 124 Å². The molecule has 106 valence electrons. The molecular weight excluding hydrogens is 292 g/mol. The van der Waals surface area contributed by atoms with Crippen molar-refractivity contribution < 1.29 is 4.74 Å². The maximum Gasteiger partial charge on any atom is 0.333 e. The minimum Gasteiger partial charge on any atom is -0.495 e. The summed E-state index contributed by atoms with van der Waals surface area (Å²) >= 11 is 6.08. The Bertz CT molecular complexity index is 944. The molecule has 1 heterocycles. The number of aromatic nitrogens is 2. The smallest absolute Gasteiger partial charge is 0.333 e. The van der Waals surface area contributed by atoms with Crippen LogP contribution in [0.2, 0.25) is 5.02 Å². The van der Waals surface area contributed by atoms with Crippen LogP contribution in [0.1, 0.15) is 0 Å². The predicted octanol–water partition coefficient (Wildman–Crippen LogP) is 2.34. The molecule has 0 radical (unpaired) electrons. The van der Waals surface area contributed by atoms with Crippen molar-refractivity contribution >= 4 is 22.5 Å². The third-order valence-electron chi connectivity index (χ3n) is 3.21. The summed E-state index contributed by atoms with van der Waals surface area (Å²) < 4.78 is 6.18. The number of fused-ring (bicyclic) bond motifs is 1. The molecule has 1 N–H and O–H groups in total. The zero-order valence-corrected chi connectivity index (χ0v) is 11.8. The van der Waals surface area contributed by atoms with Crippen molar-refractivity contribution in [1.82, 2.24) is 9.55 Å². The highest BCUT2D eigenvalue weighted by Gasteiger charge is 2.13. The van der Waals surface area contributed by atoms with E-state index in [2.05, 4.69) is 4.98 Å². The van der Waals surface area contributed by atoms with E-state index < -0.39 is 11.2 Å². The van der Waals surface area contributed by atoms with Gasteiger partial charge in [0.15, 0.2) is 0 Å². The second kappa shape index (κ2) is 5.10. The van der Waals surface area contributed by atoms with E-state index in [-0.39, 0.29) is 0 Å². The molecule has 0 unspecified atom stereocenters. The lowest BCUT2D eigenvalue weighted by atomic mass is 10.2. The van der Waals surface area contributed by atoms with Crippen LogP contribution in [0.25, 0.3) is 16.6 Å². The second-order valence-electron chi connectivity index (χ2n) is 4.40. The van der Waals surface area contributed by atoms with Crippen LogP contribution in [0.5, 0.6) is 5.75 Å². The number of methoxy groups -OCH3 is 1. The second-order valence-corrected chi connectivity index (χ2v) is 4.81. The van der Waals surface area contributed by atoms with Gasteiger partial charge in [0.2, 0.25) is 0 Å². The van der Waals surface area contributed by atoms with Gasteiger partial charge in [-0.15, -0.1) is 0 Å². The van der Waals surface area contributed by atoms with Gasteiger partial charge in [0.25, 0.3) is 5.56 Å². The quantitative estimate of drug-likeness (QED) is 0.790. The Morgan fingerprint density at radius 3 is 2.57 bits per heavy atom. The summed E-state index contributed by atoms with van der Waals surface area (Å²) in [6, 6.07) is 11.7. The number of para-hydroxylation sites is 2. The normalized spacial score (nSPS) is 10.8. The number of hydrogen-bond acceptors (Lipinski definition) is 3. The fraction of sp³-hybridized carbons (Fsp3) is 0.0667. The van der Waals surface area contributed by atoms with Gasteiger partial charge in [-0.05, 0) is 24.3 Å². The third-order valence-corrected chi connectivity index (χ3v) is 3.53. The summed E-state index contributed by atoms with van der Waals surface area (Å²) in [5.41, 5.74) is -0.292. The number of hydrogen-bond donors (Lipinski definition) is 1. The molecule has 0 saturated carbocycles. The van der Waals surface area contributed by atoms with Gasteiger partial charge in [0.05, 0.1) is 28.7 Å². The third kappa shape index (κ3) is 2.11. The van der Waals surface area contributed by atoms with Gasteiger partial charge in [-0.3, -0.25) is 4.79 Å². The number of halogens is 1. The van der Waals surface area contributed by atoms with Gasteiger partial charge in [0.1, 0.15) is 5.75 Å². The molecular formula is C15H11ClN2O3. The van der Waals surface area contributed by atoms with Crippen LogP contribution in [-0.4, -0.2) is 16.7 Å². The lowest BCUT2D eigenvalue weighted by molar-refractivity contribution is 0.418. The first-order valence-corrected chi connectivity index (χ1v) is 6.58. The lowest BCUT2D eigenvalue weighted by Gasteiger charge is -2.09. The molecule has 0 amide bonds. The van der Waals surface area contributed by atoms with Crippen molar-refractivity contribution in [3.05, 3.63) is 68.3 Å². The zero-order valence-electron chi connectivity index (χ0n) is 11.1. The SMILES string of the molecule is COc1cccc2c(=O)n(-c3ccccc3Cl)c(=O)[nH]c12. The molecule has 0 aliphatic carbocycles. The molecule has 0 fully saturated rings. The number of aromatic amines is 1. The number of nitrogens with zero attached hydrogens (tertiary/aromatic N) is 1. The van der Waals surface area contributed by atoms with Gasteiger partial charge in [0, 0.05) is 0 Å². The summed E-state index contributed by atoms with van der Waals surface area (Å²) in [4.78, 5) is 27.5. The zero-order chi connectivity index (χ0) is 15.0. The predicted molar refractivity (Wildman–Crippen MR) is 81.7 cm³/mol. The molecule has 0 aliphatic rings. The van der Waals surface area contributed by atoms with Crippen molar-refractivity contribution in [3.8, 4) is 11.4 Å². The number of benzene rings is 2. The first-order valence-electron chi connectivity index (χ1n) is 6.20. The van der Waals surface area contributed by atoms with E-state index in [0.717, 1.165) is 4.57 Å². The number of rotatable bonds is 2. The van der Waals surface area contributed by atoms with Crippen LogP contribution in [0.3, 0.4) is 0 Å². The Hall–Kier alpha value is -2.53. The highest BCUT2D eigenvalue weighted by Crippen LogP contribution is 2.21. The van der Waals surface area contributed by atoms with Gasteiger partial charge >= 0.3 is 5.69 Å². The Kier molecular flexibility index (Phi) is 3.27. The largest absolute Gasteiger partial charge is 0.495 e. The van der Waals surface area contributed by atoms with E-state index in [1.807, 2.05) is 0 Å². The lowest BCUT2D eigenvalue weighted by Crippen LogP contribution is -2.33. The number of ether oxygens (including phenoxy) is 1. The van der Waals surface area contributed by atoms with E-state index in [1.165, 1.54) is 7.11 Å². The van der Waals surface area contributed by atoms with Gasteiger partial charge in [-0.2, -0.15) is 0 Å². The number of nitrogens with one attached hydrogen (secondary N) is 1. The summed E-state index contributed by atoms with van der Waals surface area (Å²) in [6.45, 7) is 0. The van der Waals surface area contributed by atoms with Crippen LogP contribution >= 0.6 is 11.6 Å². The molecule has 0 saturated heterocycles. The molecule has 0 atom stereocenters. The monoisotopic (exact) mass is 302 g/mol. The molecule has 6 heteroatoms. The number of H-pyrrole nitrogens is 1. The maximum absolute atomic E-state index is 12.6. The molecule has 0 spiro atoms. The molecule has 21 heavy (non-hydrogen) atoms. The van der Waals surface area contributed by atoms with Crippen LogP contribution in [0.4, 0.5) is 0 Å². The molecule has 2 aromatic carbocycles. The highest BCUT2D eigenvalue weighted by atomic mass is 35.5. The van der Waals surface area contributed by atoms with Crippen LogP contribution < -0.4 is 16.0 Å². The Balaban J connectivity index is 2.45. The first-order chi connectivity index (χ1) is 10.1. The topological polar surface area (TPSA) is 64.1 Å². The van der Waals surface area contributed by atoms with E-state index >= 15 is 0 Å². The fourth-order valence-corrected chi connectivity index (χ4v) is 2.46. The van der Waals surface area contributed by atoms with Crippen LogP contribution in [0.15, 0.2) is 52.1 Å². The van der Waals surface area contributed by atoms with Crippen molar-refractivity contribution in [1.29, 1.82) is 0 Å². The van der Waals surface area contributed by atoms with E-state index in [9.17, 15) is 9.59 Å². The van der Waals surface area contributed by atoms with E-state index in [4.69, 9.17) is 16.3 Å². The maximum atomic E-state index is 12.6. The highest BCUT2D eigenvalue weighted by molar-refractivity contribution is 6.32. The summed E-state index contributed by atoms with van der Waals surface area (Å²) in [6.07, 6.45) is 0. The molecule has 3 rings (SSSR count). The molecule has 0 aliphatic heterocycles. The van der Waals surface area contributed by atoms with Crippen LogP contribution in [-0.2, 0) is 0 Å². The minimum absolute atomic E-state index is 0.326. The Morgan fingerprint density at radius 1 is 1.10 bits per heavy atom. The van der Waals surface area contributed by atoms with E-state index in [0.29, 0.717) is 27.4 Å². The van der Waals surface area contributed by atoms with Crippen molar-refractivity contribution in [3.63, 3.8) is 0 Å². The Morgan fingerprint density at radius 2 is 1.86 bits per heavy atom. The molecule has 0 bridgehead atoms. The average Bonchev–Trinajstić information content (AvgIpc) is 2.48. The van der Waals surface area contributed by atoms with Crippen molar-refractivity contribution in [2.24, 2.45) is 0 Å². The fourth-order valence-electron chi connectivity index (χ4n) is 2.24. The summed E-state index contributed by atoms with van der Waals surface area (Å²) in [5.74, 6) is 0.438.